The summed E-state index contributed by atoms with van der Waals surface area (Å²) in [7, 11) is 0. The van der Waals surface area contributed by atoms with Crippen molar-refractivity contribution in [3.05, 3.63) is 46.2 Å². The topological polar surface area (TPSA) is 21.6 Å². The van der Waals surface area contributed by atoms with Gasteiger partial charge in [-0.2, -0.15) is 8.78 Å². The van der Waals surface area contributed by atoms with Crippen molar-refractivity contribution in [2.45, 2.75) is 27.2 Å². The lowest BCUT2D eigenvalue weighted by atomic mass is 9.95. The van der Waals surface area contributed by atoms with E-state index in [1.807, 2.05) is 32.9 Å². The highest BCUT2D eigenvalue weighted by Crippen LogP contribution is 2.27. The van der Waals surface area contributed by atoms with E-state index in [0.29, 0.717) is 5.71 Å². The first-order valence-electron chi connectivity index (χ1n) is 5.35. The molecule has 0 N–H and O–H groups in total. The van der Waals surface area contributed by atoms with Crippen molar-refractivity contribution in [1.82, 2.24) is 0 Å². The van der Waals surface area contributed by atoms with Crippen LogP contribution in [0.15, 0.2) is 29.1 Å². The van der Waals surface area contributed by atoms with Crippen LogP contribution in [0.3, 0.4) is 0 Å². The van der Waals surface area contributed by atoms with Crippen LogP contribution in [0.2, 0.25) is 0 Å². The van der Waals surface area contributed by atoms with Gasteiger partial charge in [0.05, 0.1) is 12.1 Å². The van der Waals surface area contributed by atoms with E-state index in [1.54, 1.807) is 0 Å². The van der Waals surface area contributed by atoms with Crippen molar-refractivity contribution in [1.29, 1.82) is 0 Å². The second kappa shape index (κ2) is 4.28. The summed E-state index contributed by atoms with van der Waals surface area (Å²) in [4.78, 5) is 4.64. The van der Waals surface area contributed by atoms with Crippen LogP contribution in [-0.2, 0) is 4.84 Å². The molecule has 0 radical (unpaired) electrons. The Balaban J connectivity index is 2.41. The van der Waals surface area contributed by atoms with Gasteiger partial charge in [-0.25, -0.2) is 0 Å². The maximum absolute atomic E-state index is 12.4. The van der Waals surface area contributed by atoms with Gasteiger partial charge in [0.2, 0.25) is 5.76 Å². The molecule has 2 rings (SSSR count). The summed E-state index contributed by atoms with van der Waals surface area (Å²) in [6.45, 7) is 5.90. The average molecular weight is 237 g/mol. The molecule has 0 aromatic heterocycles. The Morgan fingerprint density at radius 1 is 1.18 bits per heavy atom. The van der Waals surface area contributed by atoms with Gasteiger partial charge in [-0.1, -0.05) is 22.9 Å². The summed E-state index contributed by atoms with van der Waals surface area (Å²) in [5.41, 5.74) is 4.70. The molecule has 90 valence electrons. The van der Waals surface area contributed by atoms with Crippen LogP contribution < -0.4 is 0 Å². The van der Waals surface area contributed by atoms with E-state index in [0.717, 1.165) is 22.3 Å². The van der Waals surface area contributed by atoms with E-state index in [-0.39, 0.29) is 12.2 Å². The normalized spacial score (nSPS) is 14.6. The lowest BCUT2D eigenvalue weighted by molar-refractivity contribution is 0.212. The third-order valence-electron chi connectivity index (χ3n) is 2.77. The van der Waals surface area contributed by atoms with Crippen LogP contribution in [0.4, 0.5) is 8.78 Å². The maximum atomic E-state index is 12.4. The first kappa shape index (κ1) is 11.8. The second-order valence-electron chi connectivity index (χ2n) is 4.26. The molecule has 1 aliphatic rings. The fourth-order valence-electron chi connectivity index (χ4n) is 2.20. The van der Waals surface area contributed by atoms with E-state index in [2.05, 4.69) is 9.99 Å². The molecule has 1 aromatic rings. The van der Waals surface area contributed by atoms with Gasteiger partial charge in [0.1, 0.15) is 0 Å². The van der Waals surface area contributed by atoms with Crippen molar-refractivity contribution in [2.24, 2.45) is 5.16 Å². The predicted molar refractivity (Wildman–Crippen MR) is 62.1 cm³/mol. The molecule has 0 spiro atoms. The lowest BCUT2D eigenvalue weighted by Gasteiger charge is -2.09. The third kappa shape index (κ3) is 2.20. The zero-order valence-corrected chi connectivity index (χ0v) is 9.97. The molecule has 0 amide bonds. The summed E-state index contributed by atoms with van der Waals surface area (Å²) >= 11 is 0. The van der Waals surface area contributed by atoms with E-state index in [1.165, 1.54) is 0 Å². The fraction of sp³-hybridized carbons (Fsp3) is 0.308. The summed E-state index contributed by atoms with van der Waals surface area (Å²) in [5.74, 6) is -0.348. The molecular weight excluding hydrogens is 224 g/mol. The highest BCUT2D eigenvalue weighted by atomic mass is 19.3. The van der Waals surface area contributed by atoms with Crippen LogP contribution in [0.25, 0.3) is 0 Å². The number of rotatable bonds is 1. The molecule has 0 aliphatic carbocycles. The quantitative estimate of drug-likeness (QED) is 0.727. The second-order valence-corrected chi connectivity index (χ2v) is 4.26. The summed E-state index contributed by atoms with van der Waals surface area (Å²) in [6.07, 6.45) is -1.74. The Morgan fingerprint density at radius 3 is 2.24 bits per heavy atom. The minimum absolute atomic E-state index is 0.0626. The minimum atomic E-state index is -1.80. The maximum Gasteiger partial charge on any atom is 0.311 e. The van der Waals surface area contributed by atoms with Gasteiger partial charge in [-0.3, -0.25) is 0 Å². The first-order valence-corrected chi connectivity index (χ1v) is 5.35. The molecule has 0 unspecified atom stereocenters. The molecule has 0 saturated heterocycles. The van der Waals surface area contributed by atoms with Crippen molar-refractivity contribution >= 4 is 5.71 Å². The van der Waals surface area contributed by atoms with E-state index >= 15 is 0 Å². The minimum Gasteiger partial charge on any atom is -0.355 e. The van der Waals surface area contributed by atoms with E-state index < -0.39 is 6.08 Å². The summed E-state index contributed by atoms with van der Waals surface area (Å²) < 4.78 is 24.8. The van der Waals surface area contributed by atoms with Crippen LogP contribution in [0, 0.1) is 20.8 Å². The van der Waals surface area contributed by atoms with Crippen molar-refractivity contribution in [2.75, 3.05) is 0 Å². The molecule has 0 atom stereocenters. The number of nitrogens with zero attached hydrogens (tertiary/aromatic N) is 1. The molecule has 1 aliphatic heterocycles. The number of hydrogen-bond donors (Lipinski definition) is 0. The van der Waals surface area contributed by atoms with Gasteiger partial charge < -0.3 is 4.84 Å². The Kier molecular flexibility index (Phi) is 2.96. The summed E-state index contributed by atoms with van der Waals surface area (Å²) in [5, 5.41) is 3.74. The van der Waals surface area contributed by atoms with Crippen LogP contribution in [0.1, 0.15) is 28.7 Å². The molecule has 17 heavy (non-hydrogen) atoms. The molecule has 1 aromatic carbocycles. The first-order chi connectivity index (χ1) is 7.99. The molecule has 0 bridgehead atoms. The van der Waals surface area contributed by atoms with Crippen LogP contribution >= 0.6 is 0 Å². The highest BCUT2D eigenvalue weighted by Gasteiger charge is 2.23. The number of allylic oxidation sites excluding steroid dienone is 1. The Labute approximate surface area is 98.6 Å². The fourth-order valence-corrected chi connectivity index (χ4v) is 2.20. The van der Waals surface area contributed by atoms with Crippen molar-refractivity contribution < 1.29 is 13.6 Å². The van der Waals surface area contributed by atoms with Crippen LogP contribution in [-0.4, -0.2) is 5.71 Å². The number of hydrogen-bond acceptors (Lipinski definition) is 2. The number of benzene rings is 1. The molecule has 0 saturated carbocycles. The third-order valence-corrected chi connectivity index (χ3v) is 2.77. The standard InChI is InChI=1S/C13H13F2NO/c1-7-4-8(2)12(9(3)5-7)10-6-11(13(14)15)17-16-10/h4-5H,6H2,1-3H3. The van der Waals surface area contributed by atoms with Crippen LogP contribution in [0.5, 0.6) is 0 Å². The SMILES string of the molecule is Cc1cc(C)c(C2=NOC(=C(F)F)C2)c(C)c1. The zero-order chi connectivity index (χ0) is 12.6. The predicted octanol–water partition coefficient (Wildman–Crippen LogP) is 3.84. The van der Waals surface area contributed by atoms with Gasteiger partial charge in [-0.05, 0) is 31.9 Å². The van der Waals surface area contributed by atoms with Crippen molar-refractivity contribution in [3.63, 3.8) is 0 Å². The van der Waals surface area contributed by atoms with Gasteiger partial charge >= 0.3 is 6.08 Å². The Bertz CT molecular complexity index is 505. The van der Waals surface area contributed by atoms with E-state index in [4.69, 9.17) is 0 Å². The number of halogens is 2. The molecular formula is C13H13F2NO. The lowest BCUT2D eigenvalue weighted by Crippen LogP contribution is -2.03. The van der Waals surface area contributed by atoms with Gasteiger partial charge in [-0.15, -0.1) is 0 Å². The van der Waals surface area contributed by atoms with Gasteiger partial charge in [0, 0.05) is 5.56 Å². The zero-order valence-electron chi connectivity index (χ0n) is 9.97. The number of oxime groups is 1. The number of aryl methyl sites for hydroxylation is 3. The monoisotopic (exact) mass is 237 g/mol. The van der Waals surface area contributed by atoms with E-state index in [9.17, 15) is 8.78 Å². The van der Waals surface area contributed by atoms with Gasteiger partial charge in [0.15, 0.2) is 0 Å². The molecule has 2 nitrogen and oxygen atoms in total. The molecule has 4 heteroatoms. The molecule has 1 heterocycles. The Morgan fingerprint density at radius 2 is 1.76 bits per heavy atom. The van der Waals surface area contributed by atoms with Crippen molar-refractivity contribution in [3.8, 4) is 0 Å². The summed E-state index contributed by atoms with van der Waals surface area (Å²) in [6, 6.07) is 4.02. The average Bonchev–Trinajstić information content (AvgIpc) is 2.65. The van der Waals surface area contributed by atoms with Gasteiger partial charge in [0.25, 0.3) is 0 Å². The Hall–Kier alpha value is -1.71. The highest BCUT2D eigenvalue weighted by molar-refractivity contribution is 6.04. The smallest absolute Gasteiger partial charge is 0.311 e. The molecule has 0 fully saturated rings. The largest absolute Gasteiger partial charge is 0.355 e.